The van der Waals surface area contributed by atoms with Crippen molar-refractivity contribution in [3.63, 3.8) is 0 Å². The Hall–Kier alpha value is -1.07. The molecule has 0 spiro atoms. The number of benzene rings is 1. The molecule has 0 bridgehead atoms. The maximum atomic E-state index is 11.5. The van der Waals surface area contributed by atoms with Crippen molar-refractivity contribution in [3.8, 4) is 5.75 Å². The van der Waals surface area contributed by atoms with E-state index in [2.05, 4.69) is 4.72 Å². The van der Waals surface area contributed by atoms with Gasteiger partial charge < -0.3 is 4.74 Å². The van der Waals surface area contributed by atoms with Gasteiger partial charge in [0.2, 0.25) is 10.0 Å². The van der Waals surface area contributed by atoms with Crippen molar-refractivity contribution < 1.29 is 13.2 Å². The Kier molecular flexibility index (Phi) is 5.62. The minimum absolute atomic E-state index is 0.138. The molecule has 0 aliphatic carbocycles. The first kappa shape index (κ1) is 15.0. The second-order valence-corrected chi connectivity index (χ2v) is 6.38. The fraction of sp³-hybridized carbons (Fsp3) is 0.538. The molecule has 0 aromatic heterocycles. The molecule has 0 heterocycles. The van der Waals surface area contributed by atoms with Gasteiger partial charge in [-0.1, -0.05) is 19.1 Å². The second kappa shape index (κ2) is 6.75. The third kappa shape index (κ3) is 5.51. The van der Waals surface area contributed by atoms with Crippen LogP contribution >= 0.6 is 0 Å². The van der Waals surface area contributed by atoms with Gasteiger partial charge in [0.1, 0.15) is 5.75 Å². The van der Waals surface area contributed by atoms with E-state index in [1.165, 1.54) is 0 Å². The molecule has 0 saturated carbocycles. The van der Waals surface area contributed by atoms with Crippen LogP contribution in [0.3, 0.4) is 0 Å². The van der Waals surface area contributed by atoms with E-state index in [-0.39, 0.29) is 11.9 Å². The summed E-state index contributed by atoms with van der Waals surface area (Å²) in [6.45, 7) is 6.10. The highest BCUT2D eigenvalue weighted by Gasteiger charge is 2.07. The summed E-state index contributed by atoms with van der Waals surface area (Å²) in [5, 5.41) is 0. The van der Waals surface area contributed by atoms with E-state index in [9.17, 15) is 8.42 Å². The molecule has 0 aliphatic heterocycles. The highest BCUT2D eigenvalue weighted by Crippen LogP contribution is 2.13. The molecule has 0 aliphatic rings. The number of sulfonamides is 1. The molecule has 5 heteroatoms. The molecule has 18 heavy (non-hydrogen) atoms. The van der Waals surface area contributed by atoms with Crippen molar-refractivity contribution in [2.24, 2.45) is 0 Å². The van der Waals surface area contributed by atoms with E-state index in [1.807, 2.05) is 45.0 Å². The summed E-state index contributed by atoms with van der Waals surface area (Å²) in [7, 11) is -3.14. The SMILES string of the molecule is CCCS(=O)(=O)NCc1ccc(OC(C)C)cc1. The Morgan fingerprint density at radius 1 is 1.22 bits per heavy atom. The summed E-state index contributed by atoms with van der Waals surface area (Å²) in [5.41, 5.74) is 0.922. The fourth-order valence-electron chi connectivity index (χ4n) is 1.49. The number of hydrogen-bond acceptors (Lipinski definition) is 3. The van der Waals surface area contributed by atoms with Crippen LogP contribution in [0.2, 0.25) is 0 Å². The van der Waals surface area contributed by atoms with E-state index in [0.29, 0.717) is 13.0 Å². The van der Waals surface area contributed by atoms with Crippen LogP contribution in [-0.4, -0.2) is 20.3 Å². The van der Waals surface area contributed by atoms with Gasteiger partial charge in [0.05, 0.1) is 11.9 Å². The smallest absolute Gasteiger partial charge is 0.211 e. The summed E-state index contributed by atoms with van der Waals surface area (Å²) in [6, 6.07) is 7.44. The zero-order chi connectivity index (χ0) is 13.6. The zero-order valence-corrected chi connectivity index (χ0v) is 12.0. The summed E-state index contributed by atoms with van der Waals surface area (Å²) in [6.07, 6.45) is 0.759. The van der Waals surface area contributed by atoms with Gasteiger partial charge in [-0.3, -0.25) is 0 Å². The maximum absolute atomic E-state index is 11.5. The molecular weight excluding hydrogens is 250 g/mol. The largest absolute Gasteiger partial charge is 0.491 e. The molecule has 1 aromatic rings. The van der Waals surface area contributed by atoms with Gasteiger partial charge in [-0.2, -0.15) is 0 Å². The van der Waals surface area contributed by atoms with Crippen molar-refractivity contribution in [1.29, 1.82) is 0 Å². The standard InChI is InChI=1S/C13H21NO3S/c1-4-9-18(15,16)14-10-12-5-7-13(8-6-12)17-11(2)3/h5-8,11,14H,4,9-10H2,1-3H3. The first-order valence-corrected chi connectivity index (χ1v) is 7.81. The van der Waals surface area contributed by atoms with E-state index >= 15 is 0 Å². The predicted molar refractivity (Wildman–Crippen MR) is 73.1 cm³/mol. The monoisotopic (exact) mass is 271 g/mol. The van der Waals surface area contributed by atoms with Crippen LogP contribution in [0.1, 0.15) is 32.8 Å². The molecule has 1 rings (SSSR count). The Labute approximate surface area is 109 Å². The average molecular weight is 271 g/mol. The first-order chi connectivity index (χ1) is 8.43. The molecule has 0 saturated heterocycles. The maximum Gasteiger partial charge on any atom is 0.211 e. The first-order valence-electron chi connectivity index (χ1n) is 6.16. The molecule has 0 amide bonds. The van der Waals surface area contributed by atoms with Gasteiger partial charge in [0, 0.05) is 6.54 Å². The second-order valence-electron chi connectivity index (χ2n) is 4.45. The van der Waals surface area contributed by atoms with E-state index in [0.717, 1.165) is 11.3 Å². The van der Waals surface area contributed by atoms with Crippen molar-refractivity contribution in [2.45, 2.75) is 39.8 Å². The Bertz CT molecular complexity index is 452. The van der Waals surface area contributed by atoms with E-state index in [4.69, 9.17) is 4.74 Å². The van der Waals surface area contributed by atoms with Gasteiger partial charge in [-0.15, -0.1) is 0 Å². The molecule has 0 unspecified atom stereocenters. The van der Waals surface area contributed by atoms with Gasteiger partial charge in [0.25, 0.3) is 0 Å². The Morgan fingerprint density at radius 3 is 2.33 bits per heavy atom. The molecule has 0 fully saturated rings. The molecule has 4 nitrogen and oxygen atoms in total. The molecule has 1 N–H and O–H groups in total. The topological polar surface area (TPSA) is 55.4 Å². The lowest BCUT2D eigenvalue weighted by Crippen LogP contribution is -2.25. The predicted octanol–water partition coefficient (Wildman–Crippen LogP) is 2.30. The lowest BCUT2D eigenvalue weighted by Gasteiger charge is -2.10. The third-order valence-corrected chi connectivity index (χ3v) is 3.79. The van der Waals surface area contributed by atoms with Crippen LogP contribution < -0.4 is 9.46 Å². The van der Waals surface area contributed by atoms with Gasteiger partial charge in [0.15, 0.2) is 0 Å². The lowest BCUT2D eigenvalue weighted by atomic mass is 10.2. The average Bonchev–Trinajstić information content (AvgIpc) is 2.27. The molecular formula is C13H21NO3S. The van der Waals surface area contributed by atoms with Crippen molar-refractivity contribution in [3.05, 3.63) is 29.8 Å². The van der Waals surface area contributed by atoms with Crippen LogP contribution in [0, 0.1) is 0 Å². The highest BCUT2D eigenvalue weighted by molar-refractivity contribution is 7.89. The van der Waals surface area contributed by atoms with Gasteiger partial charge >= 0.3 is 0 Å². The summed E-state index contributed by atoms with van der Waals surface area (Å²) in [5.74, 6) is 0.965. The number of nitrogens with one attached hydrogen (secondary N) is 1. The summed E-state index contributed by atoms with van der Waals surface area (Å²) in [4.78, 5) is 0. The van der Waals surface area contributed by atoms with Crippen LogP contribution in [0.15, 0.2) is 24.3 Å². The lowest BCUT2D eigenvalue weighted by molar-refractivity contribution is 0.242. The minimum atomic E-state index is -3.14. The van der Waals surface area contributed by atoms with Crippen molar-refractivity contribution in [2.75, 3.05) is 5.75 Å². The molecule has 102 valence electrons. The Balaban J connectivity index is 2.54. The number of rotatable bonds is 7. The van der Waals surface area contributed by atoms with Crippen molar-refractivity contribution in [1.82, 2.24) is 4.72 Å². The van der Waals surface area contributed by atoms with Gasteiger partial charge in [-0.05, 0) is 38.0 Å². The fourth-order valence-corrected chi connectivity index (χ4v) is 2.56. The third-order valence-electron chi connectivity index (χ3n) is 2.26. The van der Waals surface area contributed by atoms with Crippen LogP contribution in [0.4, 0.5) is 0 Å². The van der Waals surface area contributed by atoms with E-state index in [1.54, 1.807) is 0 Å². The summed E-state index contributed by atoms with van der Waals surface area (Å²) >= 11 is 0. The quantitative estimate of drug-likeness (QED) is 0.828. The number of ether oxygens (including phenoxy) is 1. The summed E-state index contributed by atoms with van der Waals surface area (Å²) < 4.78 is 31.0. The van der Waals surface area contributed by atoms with Crippen LogP contribution in [-0.2, 0) is 16.6 Å². The highest BCUT2D eigenvalue weighted by atomic mass is 32.2. The van der Waals surface area contributed by atoms with Gasteiger partial charge in [-0.25, -0.2) is 13.1 Å². The zero-order valence-electron chi connectivity index (χ0n) is 11.1. The van der Waals surface area contributed by atoms with Crippen LogP contribution in [0.25, 0.3) is 0 Å². The van der Waals surface area contributed by atoms with Crippen LogP contribution in [0.5, 0.6) is 5.75 Å². The molecule has 0 atom stereocenters. The Morgan fingerprint density at radius 2 is 1.83 bits per heavy atom. The minimum Gasteiger partial charge on any atom is -0.491 e. The normalized spacial score (nSPS) is 11.8. The molecule has 0 radical (unpaired) electrons. The van der Waals surface area contributed by atoms with E-state index < -0.39 is 10.0 Å². The van der Waals surface area contributed by atoms with Crippen molar-refractivity contribution >= 4 is 10.0 Å². The number of hydrogen-bond donors (Lipinski definition) is 1. The molecule has 1 aromatic carbocycles.